The zero-order chi connectivity index (χ0) is 22.6. The van der Waals surface area contributed by atoms with Crippen molar-refractivity contribution in [3.8, 4) is 17.6 Å². The summed E-state index contributed by atoms with van der Waals surface area (Å²) in [5.74, 6) is -2.33. The van der Waals surface area contributed by atoms with E-state index >= 15 is 0 Å². The molecule has 0 radical (unpaired) electrons. The lowest BCUT2D eigenvalue weighted by atomic mass is 10.1. The van der Waals surface area contributed by atoms with E-state index in [2.05, 4.69) is 4.72 Å². The van der Waals surface area contributed by atoms with Crippen LogP contribution in [0, 0.1) is 11.3 Å². The third kappa shape index (κ3) is 4.98. The Balaban J connectivity index is 1.92. The minimum atomic E-state index is -4.16. The fraction of sp³-hybridized carbons (Fsp3) is 0. The Labute approximate surface area is 176 Å². The van der Waals surface area contributed by atoms with Gasteiger partial charge in [-0.05, 0) is 54.6 Å². The van der Waals surface area contributed by atoms with E-state index in [9.17, 15) is 23.1 Å². The molecule has 3 N–H and O–H groups in total. The van der Waals surface area contributed by atoms with Crippen molar-refractivity contribution in [2.45, 2.75) is 4.90 Å². The average Bonchev–Trinajstić information content (AvgIpc) is 2.74. The van der Waals surface area contributed by atoms with Crippen LogP contribution >= 0.6 is 0 Å². The highest BCUT2D eigenvalue weighted by Gasteiger charge is 2.20. The molecule has 0 bridgehead atoms. The predicted molar refractivity (Wildman–Crippen MR) is 109 cm³/mol. The summed E-state index contributed by atoms with van der Waals surface area (Å²) < 4.78 is 33.0. The van der Waals surface area contributed by atoms with E-state index in [-0.39, 0.29) is 38.8 Å². The Morgan fingerprint density at radius 1 is 0.903 bits per heavy atom. The lowest BCUT2D eigenvalue weighted by Gasteiger charge is -2.13. The number of anilines is 1. The molecule has 156 valence electrons. The summed E-state index contributed by atoms with van der Waals surface area (Å²) in [6, 6.07) is 16.4. The zero-order valence-corrected chi connectivity index (χ0v) is 16.5. The largest absolute Gasteiger partial charge is 0.478 e. The number of nitrogens with one attached hydrogen (secondary N) is 1. The minimum Gasteiger partial charge on any atom is -0.478 e. The van der Waals surface area contributed by atoms with Crippen molar-refractivity contribution in [2.75, 3.05) is 4.72 Å². The van der Waals surface area contributed by atoms with E-state index in [1.807, 2.05) is 6.07 Å². The van der Waals surface area contributed by atoms with Gasteiger partial charge in [0.25, 0.3) is 10.0 Å². The molecule has 0 unspecified atom stereocenters. The van der Waals surface area contributed by atoms with Gasteiger partial charge in [-0.25, -0.2) is 18.0 Å². The zero-order valence-electron chi connectivity index (χ0n) is 15.6. The van der Waals surface area contributed by atoms with E-state index in [0.717, 1.165) is 12.1 Å². The minimum absolute atomic E-state index is 0.0139. The van der Waals surface area contributed by atoms with Crippen LogP contribution < -0.4 is 9.46 Å². The lowest BCUT2D eigenvalue weighted by Crippen LogP contribution is -2.15. The second-order valence-corrected chi connectivity index (χ2v) is 7.88. The number of benzene rings is 3. The number of hydrogen-bond donors (Lipinski definition) is 3. The number of aromatic carboxylic acids is 2. The fourth-order valence-corrected chi connectivity index (χ4v) is 3.74. The summed E-state index contributed by atoms with van der Waals surface area (Å²) in [4.78, 5) is 22.5. The van der Waals surface area contributed by atoms with Gasteiger partial charge in [0, 0.05) is 0 Å². The fourth-order valence-electron chi connectivity index (χ4n) is 2.62. The van der Waals surface area contributed by atoms with Crippen molar-refractivity contribution >= 4 is 27.6 Å². The normalized spacial score (nSPS) is 10.7. The van der Waals surface area contributed by atoms with E-state index in [1.165, 1.54) is 54.6 Å². The van der Waals surface area contributed by atoms with E-state index in [4.69, 9.17) is 15.1 Å². The van der Waals surface area contributed by atoms with Crippen molar-refractivity contribution in [2.24, 2.45) is 0 Å². The Kier molecular flexibility index (Phi) is 5.90. The van der Waals surface area contributed by atoms with Crippen LogP contribution in [-0.2, 0) is 10.0 Å². The molecule has 0 fully saturated rings. The first-order valence-electron chi connectivity index (χ1n) is 8.61. The number of hydrogen-bond acceptors (Lipinski definition) is 6. The average molecular weight is 438 g/mol. The molecule has 0 aliphatic carbocycles. The molecule has 0 atom stereocenters. The second kappa shape index (κ2) is 8.56. The molecular weight excluding hydrogens is 424 g/mol. The number of nitriles is 1. The van der Waals surface area contributed by atoms with Gasteiger partial charge >= 0.3 is 11.9 Å². The molecule has 0 saturated carbocycles. The molecule has 10 heteroatoms. The quantitative estimate of drug-likeness (QED) is 0.506. The van der Waals surface area contributed by atoms with Crippen molar-refractivity contribution in [3.05, 3.63) is 83.4 Å². The van der Waals surface area contributed by atoms with Crippen LogP contribution in [0.3, 0.4) is 0 Å². The molecule has 3 rings (SSSR count). The Morgan fingerprint density at radius 2 is 1.61 bits per heavy atom. The topological polar surface area (TPSA) is 154 Å². The molecule has 3 aromatic carbocycles. The summed E-state index contributed by atoms with van der Waals surface area (Å²) >= 11 is 0. The predicted octanol–water partition coefficient (Wildman–Crippen LogP) is 3.55. The van der Waals surface area contributed by atoms with Crippen LogP contribution in [-0.4, -0.2) is 30.6 Å². The Bertz CT molecular complexity index is 1330. The van der Waals surface area contributed by atoms with Gasteiger partial charge in [0.05, 0.1) is 33.3 Å². The van der Waals surface area contributed by atoms with Crippen LogP contribution in [0.2, 0.25) is 0 Å². The van der Waals surface area contributed by atoms with Gasteiger partial charge < -0.3 is 14.9 Å². The maximum atomic E-state index is 12.6. The highest BCUT2D eigenvalue weighted by Crippen LogP contribution is 2.29. The monoisotopic (exact) mass is 438 g/mol. The number of nitrogens with zero attached hydrogens (tertiary/aromatic N) is 1. The molecule has 3 aromatic rings. The molecule has 0 aromatic heterocycles. The lowest BCUT2D eigenvalue weighted by molar-refractivity contribution is 0.0686. The highest BCUT2D eigenvalue weighted by molar-refractivity contribution is 7.92. The first-order chi connectivity index (χ1) is 14.7. The van der Waals surface area contributed by atoms with Gasteiger partial charge in [0.1, 0.15) is 11.5 Å². The summed E-state index contributed by atoms with van der Waals surface area (Å²) in [6.07, 6.45) is 0. The molecule has 0 amide bonds. The number of carboxylic acids is 2. The summed E-state index contributed by atoms with van der Waals surface area (Å²) in [5, 5.41) is 27.5. The van der Waals surface area contributed by atoms with Gasteiger partial charge in [-0.15, -0.1) is 0 Å². The SMILES string of the molecule is N#Cc1cccc(S(=O)(=O)Nc2ccc(Oc3cccc(C(=O)O)c3)cc2C(=O)O)c1. The molecular formula is C21H14N2O7S. The highest BCUT2D eigenvalue weighted by atomic mass is 32.2. The van der Waals surface area contributed by atoms with Crippen LogP contribution in [0.5, 0.6) is 11.5 Å². The second-order valence-electron chi connectivity index (χ2n) is 6.19. The van der Waals surface area contributed by atoms with E-state index in [1.54, 1.807) is 0 Å². The van der Waals surface area contributed by atoms with Gasteiger partial charge in [-0.3, -0.25) is 4.72 Å². The number of ether oxygens (including phenoxy) is 1. The standard InChI is InChI=1S/C21H14N2O7S/c22-12-13-3-1-6-17(9-13)31(28,29)23-19-8-7-16(11-18(19)21(26)27)30-15-5-2-4-14(10-15)20(24)25/h1-11,23H,(H,24,25)(H,26,27). The van der Waals surface area contributed by atoms with E-state index in [0.29, 0.717) is 0 Å². The first kappa shape index (κ1) is 21.4. The van der Waals surface area contributed by atoms with Crippen molar-refractivity contribution in [1.29, 1.82) is 5.26 Å². The van der Waals surface area contributed by atoms with Crippen LogP contribution in [0.1, 0.15) is 26.3 Å². The first-order valence-corrected chi connectivity index (χ1v) is 10.1. The third-order valence-corrected chi connectivity index (χ3v) is 5.42. The van der Waals surface area contributed by atoms with Crippen LogP contribution in [0.4, 0.5) is 5.69 Å². The molecule has 0 spiro atoms. The number of sulfonamides is 1. The smallest absolute Gasteiger partial charge is 0.337 e. The number of carbonyl (C=O) groups is 2. The van der Waals surface area contributed by atoms with Crippen LogP contribution in [0.15, 0.2) is 71.6 Å². The van der Waals surface area contributed by atoms with Crippen molar-refractivity contribution < 1.29 is 33.0 Å². The van der Waals surface area contributed by atoms with Crippen LogP contribution in [0.25, 0.3) is 0 Å². The summed E-state index contributed by atoms with van der Waals surface area (Å²) in [5.41, 5.74) is -0.470. The van der Waals surface area contributed by atoms with E-state index < -0.39 is 22.0 Å². The van der Waals surface area contributed by atoms with Gasteiger partial charge in [0.2, 0.25) is 0 Å². The molecule has 0 aliphatic rings. The van der Waals surface area contributed by atoms with Gasteiger partial charge in [-0.1, -0.05) is 12.1 Å². The Morgan fingerprint density at radius 3 is 2.29 bits per heavy atom. The van der Waals surface area contributed by atoms with Gasteiger partial charge in [0.15, 0.2) is 0 Å². The maximum absolute atomic E-state index is 12.6. The number of rotatable bonds is 7. The third-order valence-electron chi connectivity index (χ3n) is 4.06. The van der Waals surface area contributed by atoms with Crippen molar-refractivity contribution in [1.82, 2.24) is 0 Å². The summed E-state index contributed by atoms with van der Waals surface area (Å²) in [6.45, 7) is 0. The van der Waals surface area contributed by atoms with Crippen molar-refractivity contribution in [3.63, 3.8) is 0 Å². The molecule has 31 heavy (non-hydrogen) atoms. The summed E-state index contributed by atoms with van der Waals surface area (Å²) in [7, 11) is -4.16. The maximum Gasteiger partial charge on any atom is 0.337 e. The molecule has 9 nitrogen and oxygen atoms in total. The Hall–Kier alpha value is -4.36. The molecule has 0 heterocycles. The molecule has 0 saturated heterocycles. The molecule has 0 aliphatic heterocycles. The number of carboxylic acid groups (broad SMARTS) is 2. The van der Waals surface area contributed by atoms with Gasteiger partial charge in [-0.2, -0.15) is 5.26 Å².